The highest BCUT2D eigenvalue weighted by Crippen LogP contribution is 2.25. The van der Waals surface area contributed by atoms with E-state index in [1.54, 1.807) is 22.5 Å². The third kappa shape index (κ3) is 8.01. The van der Waals surface area contributed by atoms with Crippen molar-refractivity contribution < 1.29 is 32.5 Å². The summed E-state index contributed by atoms with van der Waals surface area (Å²) in [5.74, 6) is -2.21. The van der Waals surface area contributed by atoms with Gasteiger partial charge in [0, 0.05) is 61.3 Å². The molecule has 47 heavy (non-hydrogen) atoms. The molecule has 0 bridgehead atoms. The number of carbonyl (C=O) groups is 2. The number of morpholine rings is 1. The summed E-state index contributed by atoms with van der Waals surface area (Å²) in [6.07, 6.45) is 8.63. The largest absolute Gasteiger partial charge is 0.379 e. The number of hydrogen-bond donors (Lipinski definition) is 2. The summed E-state index contributed by atoms with van der Waals surface area (Å²) >= 11 is 1.21. The summed E-state index contributed by atoms with van der Waals surface area (Å²) in [5.41, 5.74) is 1.49. The second kappa shape index (κ2) is 15.1. The first-order chi connectivity index (χ1) is 22.9. The van der Waals surface area contributed by atoms with Gasteiger partial charge >= 0.3 is 6.03 Å². The molecule has 2 amide bonds. The Morgan fingerprint density at radius 2 is 1.98 bits per heavy atom. The zero-order chi connectivity index (χ0) is 32.8. The molecule has 1 saturated heterocycles. The molecule has 0 aromatic carbocycles. The van der Waals surface area contributed by atoms with Gasteiger partial charge < -0.3 is 20.1 Å². The Labute approximate surface area is 274 Å². The molecule has 3 aromatic rings. The molecule has 13 nitrogen and oxygen atoms in total. The fourth-order valence-electron chi connectivity index (χ4n) is 5.59. The highest BCUT2D eigenvalue weighted by atomic mass is 32.1. The van der Waals surface area contributed by atoms with Crippen molar-refractivity contribution in [1.82, 2.24) is 35.3 Å². The number of thiazole rings is 1. The van der Waals surface area contributed by atoms with E-state index in [-0.39, 0.29) is 34.9 Å². The number of nitrogens with one attached hydrogen (secondary N) is 2. The van der Waals surface area contributed by atoms with Crippen LogP contribution in [0.25, 0.3) is 10.6 Å². The summed E-state index contributed by atoms with van der Waals surface area (Å²) in [7, 11) is 0. The van der Waals surface area contributed by atoms with Gasteiger partial charge in [-0.05, 0) is 44.9 Å². The average molecular weight is 669 g/mol. The minimum Gasteiger partial charge on any atom is -0.379 e. The molecule has 6 rings (SSSR count). The van der Waals surface area contributed by atoms with E-state index < -0.39 is 17.7 Å². The van der Waals surface area contributed by atoms with Gasteiger partial charge in [0.25, 0.3) is 5.91 Å². The lowest BCUT2D eigenvalue weighted by molar-refractivity contribution is -0.461. The van der Waals surface area contributed by atoms with Crippen LogP contribution in [0.5, 0.6) is 0 Å². The first kappa shape index (κ1) is 32.7. The standard InChI is InChI=1S/C31H35F2N9O4S/c1-2-46-22-6-4-21(5-7-22)41-18-24(28(39-41)27-23(32)8-9-26(33)38-27)36-29(43)25-19-47-30(37-25)20-16-35-42(17-20)31(44)34-10-3-11-40-12-14-45-15-13-40/h8-9,16-19,22H,2-7,10-15H2,1H3,(H-,34,36,43,44)/p+1. The number of pyridine rings is 1. The van der Waals surface area contributed by atoms with Crippen molar-refractivity contribution in [2.75, 3.05) is 46.0 Å². The van der Waals surface area contributed by atoms with Gasteiger partial charge in [0.05, 0.1) is 25.5 Å². The molecule has 2 N–H and O–H groups in total. The number of amides is 2. The average Bonchev–Trinajstić information content (AvgIpc) is 3.86. The molecule has 0 radical (unpaired) electrons. The number of carbonyl (C=O) groups excluding carboxylic acids is 2. The van der Waals surface area contributed by atoms with Crippen LogP contribution in [0.15, 0.2) is 46.9 Å². The van der Waals surface area contributed by atoms with Crippen LogP contribution < -0.4 is 10.6 Å². The normalized spacial score (nSPS) is 18.7. The Morgan fingerprint density at radius 3 is 2.77 bits per heavy atom. The second-order valence-electron chi connectivity index (χ2n) is 11.2. The Balaban J connectivity index is 1.12. The third-order valence-corrected chi connectivity index (χ3v) is 8.93. The van der Waals surface area contributed by atoms with Gasteiger partial charge in [-0.15, -0.1) is 11.3 Å². The number of nitrogens with zero attached hydrogens (tertiary/aromatic N) is 7. The van der Waals surface area contributed by atoms with Crippen LogP contribution in [0.2, 0.25) is 0 Å². The topological polar surface area (TPSA) is 139 Å². The van der Waals surface area contributed by atoms with E-state index in [1.807, 2.05) is 6.92 Å². The molecule has 3 aromatic heterocycles. The molecule has 0 atom stereocenters. The first-order valence-electron chi connectivity index (χ1n) is 15.7. The lowest BCUT2D eigenvalue weighted by Crippen LogP contribution is -2.38. The van der Waals surface area contributed by atoms with Gasteiger partial charge in [0.2, 0.25) is 12.1 Å². The van der Waals surface area contributed by atoms with E-state index in [2.05, 4.69) is 35.7 Å². The SMILES string of the molecule is CCOC1CCC(=[N+]2C=C(NC(=O)c3csc(-c4cnn(C(=O)NCCCN5CCOCC5)c4)n3)C(c3nc(F)ccc3F)=N2)CC1. The molecule has 3 aliphatic rings. The maximum absolute atomic E-state index is 14.8. The van der Waals surface area contributed by atoms with E-state index >= 15 is 0 Å². The minimum absolute atomic E-state index is 0.00229. The molecule has 0 spiro atoms. The lowest BCUT2D eigenvalue weighted by atomic mass is 9.95. The number of aromatic nitrogens is 4. The van der Waals surface area contributed by atoms with Crippen molar-refractivity contribution in [3.05, 3.63) is 65.0 Å². The third-order valence-electron chi connectivity index (χ3n) is 8.04. The molecule has 0 unspecified atom stereocenters. The fourth-order valence-corrected chi connectivity index (χ4v) is 6.36. The van der Waals surface area contributed by atoms with Crippen LogP contribution in [0.4, 0.5) is 13.6 Å². The highest BCUT2D eigenvalue weighted by Gasteiger charge is 2.33. The summed E-state index contributed by atoms with van der Waals surface area (Å²) in [5, 5.41) is 16.4. The molecule has 1 saturated carbocycles. The Morgan fingerprint density at radius 1 is 1.17 bits per heavy atom. The molecular formula is C31H36F2N9O4S+. The number of ether oxygens (including phenoxy) is 2. The summed E-state index contributed by atoms with van der Waals surface area (Å²) in [4.78, 5) is 36.4. The monoisotopic (exact) mass is 668 g/mol. The predicted octanol–water partition coefficient (Wildman–Crippen LogP) is 3.38. The Hall–Kier alpha value is -4.25. The van der Waals surface area contributed by atoms with Crippen molar-refractivity contribution in [1.29, 1.82) is 0 Å². The van der Waals surface area contributed by atoms with Gasteiger partial charge in [-0.2, -0.15) is 14.2 Å². The van der Waals surface area contributed by atoms with E-state index in [0.717, 1.165) is 70.0 Å². The molecule has 248 valence electrons. The van der Waals surface area contributed by atoms with E-state index in [0.29, 0.717) is 36.6 Å². The van der Waals surface area contributed by atoms with Crippen molar-refractivity contribution in [3.8, 4) is 10.6 Å². The van der Waals surface area contributed by atoms with E-state index in [4.69, 9.17) is 9.47 Å². The van der Waals surface area contributed by atoms with Crippen molar-refractivity contribution in [3.63, 3.8) is 0 Å². The Kier molecular flexibility index (Phi) is 10.5. The summed E-state index contributed by atoms with van der Waals surface area (Å²) in [6.45, 7) is 7.24. The summed E-state index contributed by atoms with van der Waals surface area (Å²) in [6, 6.07) is 1.54. The van der Waals surface area contributed by atoms with Crippen LogP contribution in [0.3, 0.4) is 0 Å². The van der Waals surface area contributed by atoms with Gasteiger partial charge in [0.1, 0.15) is 22.1 Å². The fraction of sp³-hybridized carbons (Fsp3) is 0.452. The van der Waals surface area contributed by atoms with Gasteiger partial charge in [-0.1, -0.05) is 4.68 Å². The molecule has 5 heterocycles. The van der Waals surface area contributed by atoms with Crippen molar-refractivity contribution in [2.45, 2.75) is 45.1 Å². The first-order valence-corrected chi connectivity index (χ1v) is 16.5. The van der Waals surface area contributed by atoms with E-state index in [1.165, 1.54) is 22.2 Å². The van der Waals surface area contributed by atoms with E-state index in [9.17, 15) is 18.4 Å². The molecule has 1 aliphatic carbocycles. The molecule has 2 aliphatic heterocycles. The number of hydrazone groups is 1. The van der Waals surface area contributed by atoms with Crippen LogP contribution in [-0.2, 0) is 9.47 Å². The van der Waals surface area contributed by atoms with Crippen LogP contribution >= 0.6 is 11.3 Å². The summed E-state index contributed by atoms with van der Waals surface area (Å²) < 4.78 is 42.8. The van der Waals surface area contributed by atoms with Crippen LogP contribution in [0.1, 0.15) is 55.2 Å². The van der Waals surface area contributed by atoms with Crippen molar-refractivity contribution in [2.24, 2.45) is 5.10 Å². The zero-order valence-electron chi connectivity index (χ0n) is 26.0. The number of rotatable bonds is 10. The van der Waals surface area contributed by atoms with Gasteiger partial charge in [-0.3, -0.25) is 9.69 Å². The maximum atomic E-state index is 14.8. The van der Waals surface area contributed by atoms with Crippen LogP contribution in [-0.4, -0.2) is 105 Å². The number of halogens is 2. The van der Waals surface area contributed by atoms with Gasteiger partial charge in [-0.25, -0.2) is 19.2 Å². The highest BCUT2D eigenvalue weighted by molar-refractivity contribution is 7.13. The number of hydrogen-bond acceptors (Lipinski definition) is 10. The quantitative estimate of drug-likeness (QED) is 0.191. The zero-order valence-corrected chi connectivity index (χ0v) is 26.8. The van der Waals surface area contributed by atoms with Gasteiger partial charge in [0.15, 0.2) is 17.2 Å². The maximum Gasteiger partial charge on any atom is 0.342 e. The van der Waals surface area contributed by atoms with Crippen molar-refractivity contribution >= 4 is 34.7 Å². The molecule has 16 heteroatoms. The second-order valence-corrected chi connectivity index (χ2v) is 12.1. The van der Waals surface area contributed by atoms with Crippen LogP contribution in [0, 0.1) is 11.8 Å². The molecule has 2 fully saturated rings. The lowest BCUT2D eigenvalue weighted by Gasteiger charge is -2.26. The number of allylic oxidation sites excluding steroid dienone is 1. The molecular weight excluding hydrogens is 632 g/mol. The Bertz CT molecular complexity index is 1700. The minimum atomic E-state index is -0.871. The predicted molar refractivity (Wildman–Crippen MR) is 169 cm³/mol. The smallest absolute Gasteiger partial charge is 0.342 e.